The smallest absolute Gasteiger partial charge is 0.219 e. The average Bonchev–Trinajstić information content (AvgIpc) is 3.17. The van der Waals surface area contributed by atoms with Crippen LogP contribution in [0.25, 0.3) is 0 Å². The Morgan fingerprint density at radius 3 is 3.08 bits per heavy atom. The normalized spacial score (nSPS) is 29.2. The van der Waals surface area contributed by atoms with Gasteiger partial charge < -0.3 is 14.7 Å². The van der Waals surface area contributed by atoms with Crippen LogP contribution in [0.5, 0.6) is 5.75 Å². The zero-order valence-corrected chi connectivity index (χ0v) is 14.3. The highest BCUT2D eigenvalue weighted by atomic mass is 16.5. The number of benzene rings is 1. The lowest BCUT2D eigenvalue weighted by Crippen LogP contribution is -2.50. The number of carbonyl (C=O) groups excluding carboxylic acids is 1. The van der Waals surface area contributed by atoms with E-state index in [9.17, 15) is 9.90 Å². The Labute approximate surface area is 143 Å². The van der Waals surface area contributed by atoms with Crippen LogP contribution in [0.4, 0.5) is 0 Å². The minimum Gasteiger partial charge on any atom is -0.493 e. The van der Waals surface area contributed by atoms with Crippen LogP contribution in [0.1, 0.15) is 24.5 Å². The number of hydrogen-bond acceptors (Lipinski definition) is 4. The van der Waals surface area contributed by atoms with Crippen LogP contribution in [0.3, 0.4) is 0 Å². The predicted octanol–water partition coefficient (Wildman–Crippen LogP) is 1.28. The summed E-state index contributed by atoms with van der Waals surface area (Å²) in [5, 5.41) is 10.0. The van der Waals surface area contributed by atoms with E-state index in [2.05, 4.69) is 23.1 Å². The molecule has 1 N–H and O–H groups in total. The highest BCUT2D eigenvalue weighted by Crippen LogP contribution is 2.43. The van der Waals surface area contributed by atoms with Gasteiger partial charge in [0.25, 0.3) is 0 Å². The standard InChI is InChI=1S/C19H26N2O3/c1-14(23)21-6-5-19(13-22)12-20(10-17(19)11-21)9-15-2-3-18-16(8-15)4-7-24-18/h2-3,8,17,22H,4-7,9-13H2,1H3/t17-,19-/m0/s1. The van der Waals surface area contributed by atoms with Gasteiger partial charge in [0.2, 0.25) is 5.91 Å². The van der Waals surface area contributed by atoms with Crippen molar-refractivity contribution in [3.05, 3.63) is 29.3 Å². The second-order valence-electron chi connectivity index (χ2n) is 7.64. The zero-order chi connectivity index (χ0) is 16.7. The summed E-state index contributed by atoms with van der Waals surface area (Å²) in [5.41, 5.74) is 2.59. The van der Waals surface area contributed by atoms with Gasteiger partial charge in [0.05, 0.1) is 13.2 Å². The predicted molar refractivity (Wildman–Crippen MR) is 90.8 cm³/mol. The number of fused-ring (bicyclic) bond motifs is 2. The second-order valence-corrected chi connectivity index (χ2v) is 7.64. The summed E-state index contributed by atoms with van der Waals surface area (Å²) >= 11 is 0. The van der Waals surface area contributed by atoms with Gasteiger partial charge >= 0.3 is 0 Å². The number of ether oxygens (including phenoxy) is 1. The number of nitrogens with zero attached hydrogens (tertiary/aromatic N) is 2. The summed E-state index contributed by atoms with van der Waals surface area (Å²) in [5.74, 6) is 1.55. The van der Waals surface area contributed by atoms with E-state index in [1.165, 1.54) is 11.1 Å². The molecule has 0 unspecified atom stereocenters. The Morgan fingerprint density at radius 1 is 1.42 bits per heavy atom. The van der Waals surface area contributed by atoms with Crippen LogP contribution in [0, 0.1) is 11.3 Å². The maximum absolute atomic E-state index is 11.7. The molecule has 0 saturated carbocycles. The van der Waals surface area contributed by atoms with Crippen molar-refractivity contribution in [3.63, 3.8) is 0 Å². The van der Waals surface area contributed by atoms with Crippen molar-refractivity contribution >= 4 is 5.91 Å². The molecule has 0 aliphatic carbocycles. The molecule has 2 saturated heterocycles. The van der Waals surface area contributed by atoms with E-state index in [0.717, 1.165) is 57.9 Å². The SMILES string of the molecule is CC(=O)N1CC[C@@]2(CO)CN(Cc3ccc4c(c3)CCO4)C[C@H]2C1. The largest absolute Gasteiger partial charge is 0.493 e. The molecule has 3 aliphatic rings. The minimum atomic E-state index is -0.0359. The van der Waals surface area contributed by atoms with Crippen molar-refractivity contribution in [1.82, 2.24) is 9.80 Å². The topological polar surface area (TPSA) is 53.0 Å². The maximum Gasteiger partial charge on any atom is 0.219 e. The van der Waals surface area contributed by atoms with Gasteiger partial charge in [-0.05, 0) is 29.5 Å². The van der Waals surface area contributed by atoms with Crippen LogP contribution in [0.15, 0.2) is 18.2 Å². The van der Waals surface area contributed by atoms with E-state index in [4.69, 9.17) is 4.74 Å². The Morgan fingerprint density at radius 2 is 2.29 bits per heavy atom. The fourth-order valence-electron chi connectivity index (χ4n) is 4.65. The van der Waals surface area contributed by atoms with Crippen LogP contribution in [0.2, 0.25) is 0 Å². The Kier molecular flexibility index (Phi) is 4.01. The molecule has 130 valence electrons. The molecule has 1 aromatic carbocycles. The molecule has 3 heterocycles. The molecule has 1 amide bonds. The third-order valence-corrected chi connectivity index (χ3v) is 6.12. The lowest BCUT2D eigenvalue weighted by molar-refractivity contribution is -0.133. The van der Waals surface area contributed by atoms with Gasteiger partial charge in [-0.1, -0.05) is 12.1 Å². The van der Waals surface area contributed by atoms with Gasteiger partial charge in [0.15, 0.2) is 0 Å². The summed E-state index contributed by atoms with van der Waals surface area (Å²) in [6.07, 6.45) is 1.90. The average molecular weight is 330 g/mol. The van der Waals surface area contributed by atoms with E-state index in [1.807, 2.05) is 4.90 Å². The van der Waals surface area contributed by atoms with E-state index in [-0.39, 0.29) is 17.9 Å². The number of aliphatic hydroxyl groups excluding tert-OH is 1. The molecule has 2 fully saturated rings. The van der Waals surface area contributed by atoms with E-state index in [1.54, 1.807) is 6.92 Å². The monoisotopic (exact) mass is 330 g/mol. The first kappa shape index (κ1) is 15.9. The summed E-state index contributed by atoms with van der Waals surface area (Å²) in [4.78, 5) is 16.1. The van der Waals surface area contributed by atoms with Crippen LogP contribution < -0.4 is 4.74 Å². The summed E-state index contributed by atoms with van der Waals surface area (Å²) < 4.78 is 5.58. The van der Waals surface area contributed by atoms with E-state index >= 15 is 0 Å². The molecule has 24 heavy (non-hydrogen) atoms. The molecular formula is C19H26N2O3. The zero-order valence-electron chi connectivity index (χ0n) is 14.3. The van der Waals surface area contributed by atoms with E-state index < -0.39 is 0 Å². The number of aliphatic hydroxyl groups is 1. The van der Waals surface area contributed by atoms with Crippen LogP contribution in [-0.4, -0.2) is 60.2 Å². The first-order chi connectivity index (χ1) is 11.6. The molecule has 0 bridgehead atoms. The highest BCUT2D eigenvalue weighted by Gasteiger charge is 2.49. The molecule has 1 aromatic rings. The molecule has 0 aromatic heterocycles. The lowest BCUT2D eigenvalue weighted by Gasteiger charge is -2.42. The fraction of sp³-hybridized carbons (Fsp3) is 0.632. The maximum atomic E-state index is 11.7. The molecule has 5 nitrogen and oxygen atoms in total. The molecule has 4 rings (SSSR count). The molecule has 3 aliphatic heterocycles. The van der Waals surface area contributed by atoms with Crippen LogP contribution >= 0.6 is 0 Å². The quantitative estimate of drug-likeness (QED) is 0.907. The third kappa shape index (κ3) is 2.70. The summed E-state index contributed by atoms with van der Waals surface area (Å²) in [7, 11) is 0. The summed E-state index contributed by atoms with van der Waals surface area (Å²) in [6, 6.07) is 6.50. The molecule has 0 spiro atoms. The second kappa shape index (κ2) is 6.05. The first-order valence-electron chi connectivity index (χ1n) is 8.93. The number of piperidine rings is 1. The number of likely N-dealkylation sites (tertiary alicyclic amines) is 2. The van der Waals surface area contributed by atoms with Crippen molar-refractivity contribution in [3.8, 4) is 5.75 Å². The minimum absolute atomic E-state index is 0.0359. The highest BCUT2D eigenvalue weighted by molar-refractivity contribution is 5.73. The van der Waals surface area contributed by atoms with E-state index in [0.29, 0.717) is 5.92 Å². The molecular weight excluding hydrogens is 304 g/mol. The molecule has 2 atom stereocenters. The van der Waals surface area contributed by atoms with Gasteiger partial charge in [-0.3, -0.25) is 9.69 Å². The van der Waals surface area contributed by atoms with Gasteiger partial charge in [0, 0.05) is 51.5 Å². The van der Waals surface area contributed by atoms with Crippen molar-refractivity contribution < 1.29 is 14.6 Å². The van der Waals surface area contributed by atoms with Crippen molar-refractivity contribution in [2.45, 2.75) is 26.3 Å². The number of carbonyl (C=O) groups is 1. The Balaban J connectivity index is 1.47. The molecule has 0 radical (unpaired) electrons. The van der Waals surface area contributed by atoms with Gasteiger partial charge in [0.1, 0.15) is 5.75 Å². The Bertz CT molecular complexity index is 647. The third-order valence-electron chi connectivity index (χ3n) is 6.12. The van der Waals surface area contributed by atoms with Crippen molar-refractivity contribution in [2.24, 2.45) is 11.3 Å². The Hall–Kier alpha value is -1.59. The van der Waals surface area contributed by atoms with Crippen molar-refractivity contribution in [2.75, 3.05) is 39.4 Å². The fourth-order valence-corrected chi connectivity index (χ4v) is 4.65. The summed E-state index contributed by atoms with van der Waals surface area (Å²) in [6.45, 7) is 7.00. The number of hydrogen-bond donors (Lipinski definition) is 1. The lowest BCUT2D eigenvalue weighted by atomic mass is 9.73. The van der Waals surface area contributed by atoms with Crippen molar-refractivity contribution in [1.29, 1.82) is 0 Å². The first-order valence-corrected chi connectivity index (χ1v) is 8.93. The number of rotatable bonds is 3. The number of amides is 1. The van der Waals surface area contributed by atoms with Gasteiger partial charge in [-0.15, -0.1) is 0 Å². The van der Waals surface area contributed by atoms with Gasteiger partial charge in [-0.2, -0.15) is 0 Å². The molecule has 5 heteroatoms. The van der Waals surface area contributed by atoms with Crippen LogP contribution in [-0.2, 0) is 17.8 Å². The van der Waals surface area contributed by atoms with Gasteiger partial charge in [-0.25, -0.2) is 0 Å².